The molecule has 0 radical (unpaired) electrons. The van der Waals surface area contributed by atoms with E-state index in [1.165, 1.54) is 38.5 Å². The molecule has 1 atom stereocenters. The van der Waals surface area contributed by atoms with Crippen molar-refractivity contribution in [2.45, 2.75) is 90.0 Å². The van der Waals surface area contributed by atoms with Crippen LogP contribution in [0.25, 0.3) is 0 Å². The Balaban J connectivity index is 0. The molecule has 0 aliphatic heterocycles. The molecule has 7 heteroatoms. The Morgan fingerprint density at radius 1 is 0.875 bits per heavy atom. The summed E-state index contributed by atoms with van der Waals surface area (Å²) in [6.45, 7) is 2.20. The molecule has 0 rings (SSSR count). The Morgan fingerprint density at radius 3 is 1.83 bits per heavy atom. The standard InChI is InChI=1S/C17H31NO5.Ca.2H/c1-2-3-4-5-6-7-8-9-10-11-15(19)23-16(20)13-12-14(18)17(21)22;;;/h14H,2-13,18H2,1H3,(H,21,22);;;/t14-;;;/m0.../s1. The van der Waals surface area contributed by atoms with Crippen LogP contribution in [0, 0.1) is 0 Å². The average Bonchev–Trinajstić information content (AvgIpc) is 2.50. The van der Waals surface area contributed by atoms with Gasteiger partial charge in [0.2, 0.25) is 0 Å². The molecular formula is C17H33CaNO5. The Labute approximate surface area is 174 Å². The van der Waals surface area contributed by atoms with E-state index in [1.807, 2.05) is 0 Å². The Morgan fingerprint density at radius 2 is 1.33 bits per heavy atom. The molecule has 0 spiro atoms. The van der Waals surface area contributed by atoms with E-state index in [9.17, 15) is 14.4 Å². The first-order valence-electron chi connectivity index (χ1n) is 8.69. The molecule has 0 saturated heterocycles. The second-order valence-electron chi connectivity index (χ2n) is 5.91. The van der Waals surface area contributed by atoms with Crippen molar-refractivity contribution >= 4 is 55.6 Å². The third kappa shape index (κ3) is 16.7. The van der Waals surface area contributed by atoms with Crippen LogP contribution in [0.3, 0.4) is 0 Å². The topological polar surface area (TPSA) is 107 Å². The first-order chi connectivity index (χ1) is 11.0. The Bertz CT molecular complexity index is 363. The van der Waals surface area contributed by atoms with E-state index >= 15 is 0 Å². The van der Waals surface area contributed by atoms with Gasteiger partial charge in [-0.05, 0) is 12.8 Å². The molecule has 0 aromatic carbocycles. The van der Waals surface area contributed by atoms with Gasteiger partial charge in [-0.15, -0.1) is 0 Å². The summed E-state index contributed by atoms with van der Waals surface area (Å²) in [5.74, 6) is -2.41. The zero-order valence-electron chi connectivity index (χ0n) is 14.2. The third-order valence-electron chi connectivity index (χ3n) is 3.69. The van der Waals surface area contributed by atoms with Gasteiger partial charge in [0.25, 0.3) is 0 Å². The van der Waals surface area contributed by atoms with Crippen LogP contribution < -0.4 is 5.73 Å². The Kier molecular flexibility index (Phi) is 19.2. The molecule has 0 aliphatic rings. The first kappa shape index (κ1) is 26.1. The van der Waals surface area contributed by atoms with Crippen LogP contribution in [-0.4, -0.2) is 66.8 Å². The maximum absolute atomic E-state index is 11.4. The number of carbonyl (C=O) groups excluding carboxylic acids is 2. The Hall–Kier alpha value is -0.170. The van der Waals surface area contributed by atoms with Gasteiger partial charge in [0, 0.05) is 12.8 Å². The number of hydrogen-bond donors (Lipinski definition) is 2. The van der Waals surface area contributed by atoms with Gasteiger partial charge in [-0.1, -0.05) is 58.3 Å². The van der Waals surface area contributed by atoms with Crippen LogP contribution in [-0.2, 0) is 19.1 Å². The predicted octanol–water partition coefficient (Wildman–Crippen LogP) is 2.25. The molecule has 0 aliphatic carbocycles. The number of rotatable bonds is 14. The summed E-state index contributed by atoms with van der Waals surface area (Å²) >= 11 is 0. The first-order valence-corrected chi connectivity index (χ1v) is 8.69. The number of aliphatic carboxylic acids is 1. The van der Waals surface area contributed by atoms with Gasteiger partial charge in [0.1, 0.15) is 6.04 Å². The van der Waals surface area contributed by atoms with Crippen molar-refractivity contribution in [3.05, 3.63) is 0 Å². The summed E-state index contributed by atoms with van der Waals surface area (Å²) in [5, 5.41) is 8.58. The third-order valence-corrected chi connectivity index (χ3v) is 3.69. The van der Waals surface area contributed by atoms with Crippen LogP contribution in [0.5, 0.6) is 0 Å². The summed E-state index contributed by atoms with van der Waals surface area (Å²) in [6, 6.07) is -1.10. The van der Waals surface area contributed by atoms with E-state index in [2.05, 4.69) is 11.7 Å². The van der Waals surface area contributed by atoms with Crippen LogP contribution in [0.4, 0.5) is 0 Å². The van der Waals surface area contributed by atoms with Crippen LogP contribution in [0.2, 0.25) is 0 Å². The maximum atomic E-state index is 11.4. The molecule has 0 bridgehead atoms. The van der Waals surface area contributed by atoms with Gasteiger partial charge >= 0.3 is 55.6 Å². The van der Waals surface area contributed by atoms with Gasteiger partial charge in [-0.2, -0.15) is 0 Å². The van der Waals surface area contributed by atoms with E-state index in [0.717, 1.165) is 19.3 Å². The van der Waals surface area contributed by atoms with Crippen molar-refractivity contribution < 1.29 is 24.2 Å². The molecule has 0 heterocycles. The van der Waals surface area contributed by atoms with Crippen molar-refractivity contribution in [3.63, 3.8) is 0 Å². The van der Waals surface area contributed by atoms with Crippen molar-refractivity contribution in [1.29, 1.82) is 0 Å². The number of carboxylic acids is 1. The number of carbonyl (C=O) groups is 3. The number of hydrogen-bond acceptors (Lipinski definition) is 5. The minimum atomic E-state index is -1.17. The van der Waals surface area contributed by atoms with Crippen molar-refractivity contribution in [2.75, 3.05) is 0 Å². The molecule has 24 heavy (non-hydrogen) atoms. The number of nitrogens with two attached hydrogens (primary N) is 1. The minimum absolute atomic E-state index is 0. The quantitative estimate of drug-likeness (QED) is 0.210. The molecule has 0 saturated carbocycles. The summed E-state index contributed by atoms with van der Waals surface area (Å²) in [6.07, 6.45) is 10.4. The fourth-order valence-corrected chi connectivity index (χ4v) is 2.21. The van der Waals surface area contributed by atoms with Crippen LogP contribution >= 0.6 is 0 Å². The molecule has 6 nitrogen and oxygen atoms in total. The van der Waals surface area contributed by atoms with Crippen molar-refractivity contribution in [2.24, 2.45) is 5.73 Å². The van der Waals surface area contributed by atoms with Gasteiger partial charge in [-0.25, -0.2) is 0 Å². The SMILES string of the molecule is CCCCCCCCCCCC(=O)OC(=O)CC[C@H](N)C(=O)O.[CaH2]. The number of esters is 2. The van der Waals surface area contributed by atoms with Crippen molar-refractivity contribution in [1.82, 2.24) is 0 Å². The molecular weight excluding hydrogens is 338 g/mol. The monoisotopic (exact) mass is 371 g/mol. The fourth-order valence-electron chi connectivity index (χ4n) is 2.21. The molecule has 0 aromatic rings. The van der Waals surface area contributed by atoms with Gasteiger partial charge < -0.3 is 15.6 Å². The van der Waals surface area contributed by atoms with Crippen molar-refractivity contribution in [3.8, 4) is 0 Å². The summed E-state index contributed by atoms with van der Waals surface area (Å²) < 4.78 is 4.63. The molecule has 0 fully saturated rings. The van der Waals surface area contributed by atoms with Gasteiger partial charge in [0.05, 0.1) is 0 Å². The van der Waals surface area contributed by atoms with Gasteiger partial charge in [-0.3, -0.25) is 14.4 Å². The van der Waals surface area contributed by atoms with E-state index in [1.54, 1.807) is 0 Å². The van der Waals surface area contributed by atoms with E-state index in [-0.39, 0.29) is 57.0 Å². The summed E-state index contributed by atoms with van der Waals surface area (Å²) in [7, 11) is 0. The van der Waals surface area contributed by atoms with Crippen LogP contribution in [0.1, 0.15) is 84.0 Å². The van der Waals surface area contributed by atoms with E-state index in [0.29, 0.717) is 0 Å². The average molecular weight is 372 g/mol. The molecule has 3 N–H and O–H groups in total. The zero-order valence-corrected chi connectivity index (χ0v) is 14.2. The molecule has 138 valence electrons. The predicted molar refractivity (Wildman–Crippen MR) is 96.3 cm³/mol. The summed E-state index contributed by atoms with van der Waals surface area (Å²) in [5.41, 5.74) is 5.27. The number of ether oxygens (including phenoxy) is 1. The number of unbranched alkanes of at least 4 members (excludes halogenated alkanes) is 8. The zero-order chi connectivity index (χ0) is 17.5. The van der Waals surface area contributed by atoms with E-state index in [4.69, 9.17) is 10.8 Å². The molecule has 0 unspecified atom stereocenters. The van der Waals surface area contributed by atoms with Crippen LogP contribution in [0.15, 0.2) is 0 Å². The normalized spacial score (nSPS) is 11.4. The number of carboxylic acid groups (broad SMARTS) is 1. The fraction of sp³-hybridized carbons (Fsp3) is 0.824. The van der Waals surface area contributed by atoms with E-state index < -0.39 is 23.9 Å². The molecule has 0 amide bonds. The van der Waals surface area contributed by atoms with Gasteiger partial charge in [0.15, 0.2) is 0 Å². The second kappa shape index (κ2) is 17.6. The summed E-state index contributed by atoms with van der Waals surface area (Å²) in [4.78, 5) is 33.3. The molecule has 0 aromatic heterocycles. The second-order valence-corrected chi connectivity index (χ2v) is 5.91.